The molecule has 0 unspecified atom stereocenters. The lowest BCUT2D eigenvalue weighted by Gasteiger charge is -2.29. The van der Waals surface area contributed by atoms with E-state index in [1.54, 1.807) is 7.11 Å². The van der Waals surface area contributed by atoms with Crippen LogP contribution in [0.1, 0.15) is 16.7 Å². The summed E-state index contributed by atoms with van der Waals surface area (Å²) >= 11 is 0. The van der Waals surface area contributed by atoms with Crippen molar-refractivity contribution in [1.82, 2.24) is 9.88 Å². The fraction of sp³-hybridized carbons (Fsp3) is 0.250. The zero-order chi connectivity index (χ0) is 16.5. The number of fused-ring (bicyclic) bond motifs is 2. The van der Waals surface area contributed by atoms with Crippen molar-refractivity contribution < 1.29 is 9.53 Å². The minimum Gasteiger partial charge on any atom is -0.496 e. The molecule has 0 atom stereocenters. The van der Waals surface area contributed by atoms with Gasteiger partial charge in [-0.25, -0.2) is 0 Å². The van der Waals surface area contributed by atoms with Crippen LogP contribution in [0, 0.1) is 0 Å². The molecule has 0 saturated heterocycles. The molecule has 1 N–H and O–H groups in total. The Morgan fingerprint density at radius 2 is 2.00 bits per heavy atom. The van der Waals surface area contributed by atoms with Crippen LogP contribution < -0.4 is 4.74 Å². The number of hydrogen-bond donors (Lipinski definition) is 1. The standard InChI is InChI=1S/C20H20N2O2/c1-24-18-8-4-7-17-20(18)16(12-21-17)11-19(23)22-10-9-14-5-2-3-6-15(14)13-22/h2-8,12,21H,9-11,13H2,1H3. The number of hydrogen-bond acceptors (Lipinski definition) is 2. The molecule has 3 aromatic rings. The number of amides is 1. The first-order chi connectivity index (χ1) is 11.8. The molecule has 2 aromatic carbocycles. The number of carbonyl (C=O) groups excluding carboxylic acids is 1. The number of methoxy groups -OCH3 is 1. The van der Waals surface area contributed by atoms with E-state index in [1.165, 1.54) is 11.1 Å². The van der Waals surface area contributed by atoms with E-state index < -0.39 is 0 Å². The van der Waals surface area contributed by atoms with E-state index in [2.05, 4.69) is 23.2 Å². The minimum absolute atomic E-state index is 0.163. The van der Waals surface area contributed by atoms with Gasteiger partial charge in [0.25, 0.3) is 0 Å². The third-order valence-corrected chi connectivity index (χ3v) is 4.79. The maximum Gasteiger partial charge on any atom is 0.227 e. The Bertz CT molecular complexity index is 898. The average Bonchev–Trinajstić information content (AvgIpc) is 3.04. The van der Waals surface area contributed by atoms with Gasteiger partial charge in [0.15, 0.2) is 0 Å². The van der Waals surface area contributed by atoms with E-state index in [1.807, 2.05) is 35.4 Å². The van der Waals surface area contributed by atoms with Crippen molar-refractivity contribution >= 4 is 16.8 Å². The highest BCUT2D eigenvalue weighted by molar-refractivity contribution is 5.93. The first-order valence-corrected chi connectivity index (χ1v) is 8.24. The van der Waals surface area contributed by atoms with Gasteiger partial charge in [-0.05, 0) is 35.2 Å². The molecular weight excluding hydrogens is 300 g/mol. The maximum atomic E-state index is 12.8. The zero-order valence-electron chi connectivity index (χ0n) is 13.7. The largest absolute Gasteiger partial charge is 0.496 e. The van der Waals surface area contributed by atoms with Crippen LogP contribution in [0.2, 0.25) is 0 Å². The highest BCUT2D eigenvalue weighted by Crippen LogP contribution is 2.29. The van der Waals surface area contributed by atoms with Crippen LogP contribution in [0.4, 0.5) is 0 Å². The smallest absolute Gasteiger partial charge is 0.227 e. The molecule has 1 aliphatic heterocycles. The van der Waals surface area contributed by atoms with E-state index >= 15 is 0 Å². The Balaban J connectivity index is 1.57. The molecule has 0 spiro atoms. The van der Waals surface area contributed by atoms with Crippen LogP contribution in [0.5, 0.6) is 5.75 Å². The van der Waals surface area contributed by atoms with E-state index in [9.17, 15) is 4.79 Å². The number of carbonyl (C=O) groups is 1. The lowest BCUT2D eigenvalue weighted by Crippen LogP contribution is -2.36. The van der Waals surface area contributed by atoms with Crippen LogP contribution in [0.15, 0.2) is 48.7 Å². The van der Waals surface area contributed by atoms with Gasteiger partial charge in [0.05, 0.1) is 13.5 Å². The first kappa shape index (κ1) is 14.8. The third-order valence-electron chi connectivity index (χ3n) is 4.79. The summed E-state index contributed by atoms with van der Waals surface area (Å²) in [5.41, 5.74) is 4.61. The van der Waals surface area contributed by atoms with Crippen LogP contribution in [-0.4, -0.2) is 29.4 Å². The Labute approximate surface area is 141 Å². The number of nitrogens with one attached hydrogen (secondary N) is 1. The van der Waals surface area contributed by atoms with E-state index in [0.717, 1.165) is 35.2 Å². The summed E-state index contributed by atoms with van der Waals surface area (Å²) in [7, 11) is 1.66. The van der Waals surface area contributed by atoms with Crippen molar-refractivity contribution in [2.24, 2.45) is 0 Å². The summed E-state index contributed by atoms with van der Waals surface area (Å²) in [4.78, 5) is 18.0. The lowest BCUT2D eigenvalue weighted by molar-refractivity contribution is -0.131. The maximum absolute atomic E-state index is 12.8. The Morgan fingerprint density at radius 3 is 2.83 bits per heavy atom. The predicted octanol–water partition coefficient (Wildman–Crippen LogP) is 3.30. The average molecular weight is 320 g/mol. The van der Waals surface area contributed by atoms with E-state index in [0.29, 0.717) is 13.0 Å². The highest BCUT2D eigenvalue weighted by Gasteiger charge is 2.22. The number of rotatable bonds is 3. The van der Waals surface area contributed by atoms with Crippen LogP contribution in [0.3, 0.4) is 0 Å². The molecule has 0 fully saturated rings. The van der Waals surface area contributed by atoms with Crippen molar-refractivity contribution in [3.8, 4) is 5.75 Å². The number of aromatic amines is 1. The molecular formula is C20H20N2O2. The fourth-order valence-electron chi connectivity index (χ4n) is 3.51. The Morgan fingerprint density at radius 1 is 1.17 bits per heavy atom. The predicted molar refractivity (Wildman–Crippen MR) is 94.1 cm³/mol. The number of H-pyrrole nitrogens is 1. The summed E-state index contributed by atoms with van der Waals surface area (Å²) in [6.07, 6.45) is 3.24. The van der Waals surface area contributed by atoms with Gasteiger partial charge in [0.2, 0.25) is 5.91 Å². The first-order valence-electron chi connectivity index (χ1n) is 8.24. The van der Waals surface area contributed by atoms with Gasteiger partial charge in [0, 0.05) is 30.2 Å². The van der Waals surface area contributed by atoms with Crippen LogP contribution in [0.25, 0.3) is 10.9 Å². The topological polar surface area (TPSA) is 45.3 Å². The lowest BCUT2D eigenvalue weighted by atomic mass is 9.99. The van der Waals surface area contributed by atoms with Crippen molar-refractivity contribution in [1.29, 1.82) is 0 Å². The summed E-state index contributed by atoms with van der Waals surface area (Å²) < 4.78 is 5.46. The third kappa shape index (κ3) is 2.54. The monoisotopic (exact) mass is 320 g/mol. The van der Waals surface area contributed by atoms with Gasteiger partial charge < -0.3 is 14.6 Å². The summed E-state index contributed by atoms with van der Waals surface area (Å²) in [5.74, 6) is 0.969. The van der Waals surface area contributed by atoms with Gasteiger partial charge in [0.1, 0.15) is 5.75 Å². The quantitative estimate of drug-likeness (QED) is 0.805. The van der Waals surface area contributed by atoms with Gasteiger partial charge in [-0.1, -0.05) is 30.3 Å². The van der Waals surface area contributed by atoms with Crippen LogP contribution >= 0.6 is 0 Å². The molecule has 4 nitrogen and oxygen atoms in total. The number of benzene rings is 2. The molecule has 4 heteroatoms. The molecule has 24 heavy (non-hydrogen) atoms. The molecule has 0 aliphatic carbocycles. The normalized spacial score (nSPS) is 13.8. The summed E-state index contributed by atoms with van der Waals surface area (Å²) in [6.45, 7) is 1.49. The number of ether oxygens (including phenoxy) is 1. The SMILES string of the molecule is COc1cccc2[nH]cc(CC(=O)N3CCc4ccccc4C3)c12. The molecule has 4 rings (SSSR count). The number of nitrogens with zero attached hydrogens (tertiary/aromatic N) is 1. The summed E-state index contributed by atoms with van der Waals surface area (Å²) in [6, 6.07) is 14.3. The van der Waals surface area contributed by atoms with Gasteiger partial charge in [-0.3, -0.25) is 4.79 Å². The van der Waals surface area contributed by atoms with Gasteiger partial charge in [-0.15, -0.1) is 0 Å². The minimum atomic E-state index is 0.163. The summed E-state index contributed by atoms with van der Waals surface area (Å²) in [5, 5.41) is 1.01. The molecule has 1 aromatic heterocycles. The molecule has 0 bridgehead atoms. The van der Waals surface area contributed by atoms with Crippen molar-refractivity contribution in [3.05, 3.63) is 65.4 Å². The molecule has 122 valence electrons. The molecule has 1 aliphatic rings. The van der Waals surface area contributed by atoms with Crippen molar-refractivity contribution in [2.75, 3.05) is 13.7 Å². The van der Waals surface area contributed by atoms with Crippen molar-refractivity contribution in [2.45, 2.75) is 19.4 Å². The van der Waals surface area contributed by atoms with Gasteiger partial charge in [-0.2, -0.15) is 0 Å². The second-order valence-electron chi connectivity index (χ2n) is 6.21. The molecule has 1 amide bonds. The van der Waals surface area contributed by atoms with E-state index in [-0.39, 0.29) is 5.91 Å². The second kappa shape index (κ2) is 6.04. The van der Waals surface area contributed by atoms with E-state index in [4.69, 9.17) is 4.74 Å². The van der Waals surface area contributed by atoms with Crippen LogP contribution in [-0.2, 0) is 24.2 Å². The Kier molecular flexibility index (Phi) is 3.73. The fourth-order valence-corrected chi connectivity index (χ4v) is 3.51. The Hall–Kier alpha value is -2.75. The second-order valence-corrected chi connectivity index (χ2v) is 6.21. The zero-order valence-corrected chi connectivity index (χ0v) is 13.7. The van der Waals surface area contributed by atoms with Crippen molar-refractivity contribution in [3.63, 3.8) is 0 Å². The molecule has 0 radical (unpaired) electrons. The highest BCUT2D eigenvalue weighted by atomic mass is 16.5. The number of aromatic nitrogens is 1. The molecule has 0 saturated carbocycles. The molecule has 2 heterocycles. The van der Waals surface area contributed by atoms with Gasteiger partial charge >= 0.3 is 0 Å².